The zero-order valence-corrected chi connectivity index (χ0v) is 17.9. The lowest BCUT2D eigenvalue weighted by molar-refractivity contribution is -0.119. The van der Waals surface area contributed by atoms with Crippen molar-refractivity contribution in [3.63, 3.8) is 0 Å². The Morgan fingerprint density at radius 2 is 1.78 bits per heavy atom. The van der Waals surface area contributed by atoms with Crippen LogP contribution >= 0.6 is 23.2 Å². The molecule has 3 aromatic rings. The van der Waals surface area contributed by atoms with E-state index in [0.29, 0.717) is 27.1 Å². The minimum Gasteiger partial charge on any atom is -0.484 e. The van der Waals surface area contributed by atoms with Gasteiger partial charge in [-0.2, -0.15) is 5.10 Å². The molecule has 0 saturated carbocycles. The number of carbonyl (C=O) groups excluding carboxylic acids is 2. The van der Waals surface area contributed by atoms with E-state index >= 15 is 0 Å². The molecule has 0 aliphatic carbocycles. The van der Waals surface area contributed by atoms with Gasteiger partial charge in [0.05, 0.1) is 5.02 Å². The highest BCUT2D eigenvalue weighted by Crippen LogP contribution is 2.27. The maximum atomic E-state index is 12.2. The predicted octanol–water partition coefficient (Wildman–Crippen LogP) is 2.57. The van der Waals surface area contributed by atoms with Crippen LogP contribution in [0, 0.1) is 0 Å². The van der Waals surface area contributed by atoms with Crippen LogP contribution in [0.25, 0.3) is 0 Å². The second-order valence-corrected chi connectivity index (χ2v) is 7.07. The third-order valence-corrected chi connectivity index (χ3v) is 4.38. The third-order valence-electron chi connectivity index (χ3n) is 3.85. The quantitative estimate of drug-likeness (QED) is 0.208. The number of primary amides is 1. The van der Waals surface area contributed by atoms with E-state index < -0.39 is 11.9 Å². The molecule has 3 rings (SSSR count). The summed E-state index contributed by atoms with van der Waals surface area (Å²) in [6, 6.07) is 12.5. The van der Waals surface area contributed by atoms with E-state index in [0.717, 1.165) is 0 Å². The zero-order valence-electron chi connectivity index (χ0n) is 16.4. The minimum absolute atomic E-state index is 0.00236. The van der Waals surface area contributed by atoms with Gasteiger partial charge in [0.1, 0.15) is 11.5 Å². The monoisotopic (exact) mass is 477 g/mol. The number of nitrogens with two attached hydrogens (primary N) is 2. The lowest BCUT2D eigenvalue weighted by Gasteiger charge is -2.08. The Kier molecular flexibility index (Phi) is 7.53. The molecule has 0 fully saturated rings. The summed E-state index contributed by atoms with van der Waals surface area (Å²) >= 11 is 11.9. The number of rotatable bonds is 9. The van der Waals surface area contributed by atoms with Crippen LogP contribution in [0.1, 0.15) is 16.1 Å². The van der Waals surface area contributed by atoms with E-state index in [1.165, 1.54) is 16.9 Å². The first-order chi connectivity index (χ1) is 15.3. The van der Waals surface area contributed by atoms with Crippen LogP contribution in [0.2, 0.25) is 10.0 Å². The summed E-state index contributed by atoms with van der Waals surface area (Å²) in [5.74, 6) is -0.605. The molecular weight excluding hydrogens is 461 g/mol. The van der Waals surface area contributed by atoms with Crippen molar-refractivity contribution in [2.45, 2.75) is 6.73 Å². The molecule has 0 bridgehead atoms. The standard InChI is InChI=1S/C20H17Cl2N5O5/c21-13-3-6-17(15(22)9-13)31-11-27-8-7-16(25-27)20(29)32-26-19(24)12-1-4-14(5-2-12)30-10-18(23)28/h1-9H,10-11H2,(H2,23,28)(H2,24,26). The Morgan fingerprint density at radius 1 is 1.03 bits per heavy atom. The Morgan fingerprint density at radius 3 is 2.47 bits per heavy atom. The van der Waals surface area contributed by atoms with Crippen LogP contribution in [-0.2, 0) is 16.4 Å². The molecule has 0 aliphatic heterocycles. The molecule has 0 unspecified atom stereocenters. The number of halogens is 2. The maximum absolute atomic E-state index is 12.2. The van der Waals surface area contributed by atoms with Gasteiger partial charge in [0, 0.05) is 16.8 Å². The second-order valence-electron chi connectivity index (χ2n) is 6.22. The van der Waals surface area contributed by atoms with Gasteiger partial charge in [0.15, 0.2) is 24.9 Å². The molecule has 166 valence electrons. The Balaban J connectivity index is 1.54. The number of amides is 1. The van der Waals surface area contributed by atoms with Crippen LogP contribution in [0.3, 0.4) is 0 Å². The summed E-state index contributed by atoms with van der Waals surface area (Å²) in [6.45, 7) is -0.241. The van der Waals surface area contributed by atoms with Gasteiger partial charge in [0.25, 0.3) is 5.91 Å². The smallest absolute Gasteiger partial charge is 0.385 e. The first-order valence-corrected chi connectivity index (χ1v) is 9.75. The number of hydrogen-bond acceptors (Lipinski definition) is 7. The summed E-state index contributed by atoms with van der Waals surface area (Å²) < 4.78 is 12.1. The highest BCUT2D eigenvalue weighted by atomic mass is 35.5. The largest absolute Gasteiger partial charge is 0.484 e. The average molecular weight is 478 g/mol. The molecule has 32 heavy (non-hydrogen) atoms. The number of aromatic nitrogens is 2. The van der Waals surface area contributed by atoms with Gasteiger partial charge in [-0.3, -0.25) is 4.79 Å². The molecule has 12 heteroatoms. The van der Waals surface area contributed by atoms with Gasteiger partial charge in [0.2, 0.25) is 0 Å². The number of ether oxygens (including phenoxy) is 2. The van der Waals surface area contributed by atoms with Crippen LogP contribution < -0.4 is 20.9 Å². The van der Waals surface area contributed by atoms with Crippen LogP contribution in [0.5, 0.6) is 11.5 Å². The van der Waals surface area contributed by atoms with E-state index in [-0.39, 0.29) is 24.9 Å². The topological polar surface area (TPSA) is 144 Å². The molecule has 2 aromatic carbocycles. The first kappa shape index (κ1) is 22.9. The van der Waals surface area contributed by atoms with Crippen LogP contribution in [-0.4, -0.2) is 34.1 Å². The van der Waals surface area contributed by atoms with E-state index in [1.807, 2.05) is 0 Å². The van der Waals surface area contributed by atoms with Gasteiger partial charge >= 0.3 is 5.97 Å². The molecular formula is C20H17Cl2N5O5. The van der Waals surface area contributed by atoms with E-state index in [9.17, 15) is 9.59 Å². The summed E-state index contributed by atoms with van der Waals surface area (Å²) in [5, 5.41) is 8.50. The van der Waals surface area contributed by atoms with E-state index in [4.69, 9.17) is 49.0 Å². The van der Waals surface area contributed by atoms with Crippen molar-refractivity contribution in [2.24, 2.45) is 16.6 Å². The SMILES string of the molecule is NC(=O)COc1ccc(/C(N)=N/OC(=O)c2ccn(COc3ccc(Cl)cc3Cl)n2)cc1. The zero-order chi connectivity index (χ0) is 23.1. The molecule has 1 amide bonds. The molecule has 1 aromatic heterocycles. The van der Waals surface area contributed by atoms with Crippen molar-refractivity contribution < 1.29 is 23.9 Å². The highest BCUT2D eigenvalue weighted by molar-refractivity contribution is 6.35. The van der Waals surface area contributed by atoms with E-state index in [2.05, 4.69) is 10.3 Å². The molecule has 0 atom stereocenters. The molecule has 0 radical (unpaired) electrons. The molecule has 1 heterocycles. The second kappa shape index (κ2) is 10.5. The third kappa shape index (κ3) is 6.37. The van der Waals surface area contributed by atoms with E-state index in [1.54, 1.807) is 42.5 Å². The van der Waals surface area contributed by atoms with Crippen molar-refractivity contribution in [2.75, 3.05) is 6.61 Å². The van der Waals surface area contributed by atoms with Gasteiger partial charge in [-0.15, -0.1) is 0 Å². The first-order valence-electron chi connectivity index (χ1n) is 8.99. The molecule has 4 N–H and O–H groups in total. The Hall–Kier alpha value is -3.76. The average Bonchev–Trinajstić information content (AvgIpc) is 3.24. The number of hydrogen-bond donors (Lipinski definition) is 2. The fourth-order valence-corrected chi connectivity index (χ4v) is 2.80. The maximum Gasteiger partial charge on any atom is 0.385 e. The molecule has 0 saturated heterocycles. The molecule has 0 aliphatic rings. The van der Waals surface area contributed by atoms with Crippen molar-refractivity contribution in [3.05, 3.63) is 76.0 Å². The summed E-state index contributed by atoms with van der Waals surface area (Å²) in [6.07, 6.45) is 1.53. The number of nitrogens with zero attached hydrogens (tertiary/aromatic N) is 3. The number of benzene rings is 2. The highest BCUT2D eigenvalue weighted by Gasteiger charge is 2.13. The van der Waals surface area contributed by atoms with Crippen molar-refractivity contribution in [1.29, 1.82) is 0 Å². The normalized spacial score (nSPS) is 11.1. The van der Waals surface area contributed by atoms with Crippen molar-refractivity contribution in [3.8, 4) is 11.5 Å². The fraction of sp³-hybridized carbons (Fsp3) is 0.100. The fourth-order valence-electron chi connectivity index (χ4n) is 2.34. The Labute approximate surface area is 192 Å². The van der Waals surface area contributed by atoms with Gasteiger partial charge in [-0.1, -0.05) is 28.4 Å². The summed E-state index contributed by atoms with van der Waals surface area (Å²) in [4.78, 5) is 27.7. The lowest BCUT2D eigenvalue weighted by Crippen LogP contribution is -2.20. The number of amidine groups is 1. The number of carbonyl (C=O) groups is 2. The van der Waals surface area contributed by atoms with Crippen LogP contribution in [0.15, 0.2) is 59.9 Å². The minimum atomic E-state index is -0.808. The number of oxime groups is 1. The lowest BCUT2D eigenvalue weighted by atomic mass is 10.2. The predicted molar refractivity (Wildman–Crippen MR) is 117 cm³/mol. The summed E-state index contributed by atoms with van der Waals surface area (Å²) in [5.41, 5.74) is 11.3. The van der Waals surface area contributed by atoms with Gasteiger partial charge in [-0.25, -0.2) is 9.48 Å². The van der Waals surface area contributed by atoms with Crippen molar-refractivity contribution >= 4 is 40.9 Å². The van der Waals surface area contributed by atoms with Crippen molar-refractivity contribution in [1.82, 2.24) is 9.78 Å². The molecule has 0 spiro atoms. The molecule has 10 nitrogen and oxygen atoms in total. The van der Waals surface area contributed by atoms with Gasteiger partial charge < -0.3 is 25.8 Å². The Bertz CT molecular complexity index is 1150. The van der Waals surface area contributed by atoms with Crippen LogP contribution in [0.4, 0.5) is 0 Å². The summed E-state index contributed by atoms with van der Waals surface area (Å²) in [7, 11) is 0. The van der Waals surface area contributed by atoms with Gasteiger partial charge in [-0.05, 0) is 48.5 Å².